The summed E-state index contributed by atoms with van der Waals surface area (Å²) in [4.78, 5) is 0. The molecule has 0 aliphatic heterocycles. The Morgan fingerprint density at radius 2 is 1.84 bits per heavy atom. The van der Waals surface area contributed by atoms with Gasteiger partial charge in [-0.25, -0.2) is 0 Å². The van der Waals surface area contributed by atoms with Gasteiger partial charge < -0.3 is 9.47 Å². The van der Waals surface area contributed by atoms with Crippen LogP contribution >= 0.6 is 11.6 Å². The lowest BCUT2D eigenvalue weighted by atomic mass is 10.3. The molecule has 0 fully saturated rings. The van der Waals surface area contributed by atoms with E-state index in [4.69, 9.17) is 21.1 Å². The maximum absolute atomic E-state index is 12.5. The number of hydrogen-bond donors (Lipinski definition) is 0. The van der Waals surface area contributed by atoms with Crippen molar-refractivity contribution in [3.05, 3.63) is 0 Å². The summed E-state index contributed by atoms with van der Waals surface area (Å²) in [6, 6.07) is -0.247. The summed E-state index contributed by atoms with van der Waals surface area (Å²) < 4.78 is 37.6. The molecule has 8 heteroatoms. The molecule has 0 aromatic carbocycles. The maximum atomic E-state index is 12.5. The zero-order valence-corrected chi connectivity index (χ0v) is 13.7. The third-order valence-electron chi connectivity index (χ3n) is 2.71. The summed E-state index contributed by atoms with van der Waals surface area (Å²) in [6.45, 7) is 3.19. The van der Waals surface area contributed by atoms with Crippen LogP contribution in [0, 0.1) is 0 Å². The number of alkyl halides is 1. The summed E-state index contributed by atoms with van der Waals surface area (Å²) in [5.74, 6) is 0.436. The molecule has 0 heterocycles. The second kappa shape index (κ2) is 9.90. The lowest BCUT2D eigenvalue weighted by Gasteiger charge is -2.31. The van der Waals surface area contributed by atoms with Crippen LogP contribution in [0.4, 0.5) is 0 Å². The molecule has 0 radical (unpaired) electrons. The normalized spacial score (nSPS) is 14.3. The van der Waals surface area contributed by atoms with Crippen LogP contribution in [-0.2, 0) is 19.7 Å². The Morgan fingerprint density at radius 3 is 2.32 bits per heavy atom. The van der Waals surface area contributed by atoms with E-state index in [1.54, 1.807) is 21.3 Å². The minimum absolute atomic E-state index is 0.247. The molecule has 0 saturated carbocycles. The predicted molar refractivity (Wildman–Crippen MR) is 76.8 cm³/mol. The van der Waals surface area contributed by atoms with E-state index >= 15 is 0 Å². The highest BCUT2D eigenvalue weighted by molar-refractivity contribution is 7.86. The molecule has 0 bridgehead atoms. The van der Waals surface area contributed by atoms with E-state index in [1.165, 1.54) is 8.61 Å². The summed E-state index contributed by atoms with van der Waals surface area (Å²) in [5, 5.41) is 0. The van der Waals surface area contributed by atoms with Crippen molar-refractivity contribution in [3.8, 4) is 0 Å². The Labute approximate surface area is 121 Å². The number of hydrogen-bond acceptors (Lipinski definition) is 4. The average molecular weight is 317 g/mol. The van der Waals surface area contributed by atoms with Gasteiger partial charge in [-0.05, 0) is 13.3 Å². The summed E-state index contributed by atoms with van der Waals surface area (Å²) >= 11 is 5.60. The molecule has 0 aromatic heterocycles. The topological polar surface area (TPSA) is 59.1 Å². The van der Waals surface area contributed by atoms with Crippen LogP contribution in [0.25, 0.3) is 0 Å². The third-order valence-corrected chi connectivity index (χ3v) is 5.08. The van der Waals surface area contributed by atoms with Crippen LogP contribution < -0.4 is 0 Å². The van der Waals surface area contributed by atoms with Crippen molar-refractivity contribution in [3.63, 3.8) is 0 Å². The maximum Gasteiger partial charge on any atom is 0.282 e. The van der Waals surface area contributed by atoms with Gasteiger partial charge in [0.25, 0.3) is 10.2 Å². The molecule has 116 valence electrons. The van der Waals surface area contributed by atoms with Gasteiger partial charge in [-0.2, -0.15) is 17.0 Å². The molecule has 6 nitrogen and oxygen atoms in total. The SMILES string of the molecule is COCCN(C(C)COC)S(=O)(=O)N(C)CCCCl. The van der Waals surface area contributed by atoms with Crippen molar-refractivity contribution in [2.24, 2.45) is 0 Å². The van der Waals surface area contributed by atoms with Crippen LogP contribution in [0.3, 0.4) is 0 Å². The van der Waals surface area contributed by atoms with Gasteiger partial charge in [0.1, 0.15) is 0 Å². The fourth-order valence-electron chi connectivity index (χ4n) is 1.65. The van der Waals surface area contributed by atoms with Gasteiger partial charge in [-0.15, -0.1) is 11.6 Å². The number of halogens is 1. The highest BCUT2D eigenvalue weighted by atomic mass is 35.5. The smallest absolute Gasteiger partial charge is 0.282 e. The molecule has 19 heavy (non-hydrogen) atoms. The molecule has 0 amide bonds. The van der Waals surface area contributed by atoms with Crippen molar-refractivity contribution < 1.29 is 17.9 Å². The molecule has 0 spiro atoms. The summed E-state index contributed by atoms with van der Waals surface area (Å²) in [6.07, 6.45) is 0.619. The van der Waals surface area contributed by atoms with E-state index in [0.29, 0.717) is 38.6 Å². The summed E-state index contributed by atoms with van der Waals surface area (Å²) in [7, 11) is 1.13. The molecule has 1 unspecified atom stereocenters. The lowest BCUT2D eigenvalue weighted by Crippen LogP contribution is -2.49. The van der Waals surface area contributed by atoms with E-state index in [1.807, 2.05) is 6.92 Å². The molecular weight excluding hydrogens is 292 g/mol. The fraction of sp³-hybridized carbons (Fsp3) is 1.00. The number of ether oxygens (including phenoxy) is 2. The van der Waals surface area contributed by atoms with Crippen LogP contribution in [0.15, 0.2) is 0 Å². The van der Waals surface area contributed by atoms with Crippen molar-refractivity contribution in [2.75, 3.05) is 53.5 Å². The van der Waals surface area contributed by atoms with E-state index in [9.17, 15) is 8.42 Å². The largest absolute Gasteiger partial charge is 0.383 e. The van der Waals surface area contributed by atoms with Gasteiger partial charge in [-0.1, -0.05) is 0 Å². The van der Waals surface area contributed by atoms with Crippen LogP contribution in [0.5, 0.6) is 0 Å². The minimum atomic E-state index is -3.52. The highest BCUT2D eigenvalue weighted by Gasteiger charge is 2.30. The molecule has 0 saturated heterocycles. The van der Waals surface area contributed by atoms with E-state index < -0.39 is 10.2 Å². The quantitative estimate of drug-likeness (QED) is 0.528. The summed E-state index contributed by atoms with van der Waals surface area (Å²) in [5.41, 5.74) is 0. The van der Waals surface area contributed by atoms with Gasteiger partial charge in [0, 0.05) is 46.3 Å². The number of methoxy groups -OCH3 is 2. The van der Waals surface area contributed by atoms with Crippen molar-refractivity contribution >= 4 is 21.8 Å². The van der Waals surface area contributed by atoms with E-state index in [-0.39, 0.29) is 6.04 Å². The van der Waals surface area contributed by atoms with Gasteiger partial charge in [0.2, 0.25) is 0 Å². The standard InChI is InChI=1S/C11H25ClN2O4S/c1-11(10-18-4)14(8-9-17-3)19(15,16)13(2)7-5-6-12/h11H,5-10H2,1-4H3. The van der Waals surface area contributed by atoms with Crippen LogP contribution in [-0.4, -0.2) is 76.5 Å². The molecule has 0 aromatic rings. The molecule has 0 rings (SSSR count). The Kier molecular flexibility index (Phi) is 9.94. The van der Waals surface area contributed by atoms with Gasteiger partial charge in [-0.3, -0.25) is 0 Å². The first kappa shape index (κ1) is 19.1. The fourth-order valence-corrected chi connectivity index (χ4v) is 3.30. The number of nitrogens with zero attached hydrogens (tertiary/aromatic N) is 2. The predicted octanol–water partition coefficient (Wildman–Crippen LogP) is 0.775. The first-order chi connectivity index (χ1) is 8.91. The second-order valence-corrected chi connectivity index (χ2v) is 6.65. The van der Waals surface area contributed by atoms with Gasteiger partial charge >= 0.3 is 0 Å². The lowest BCUT2D eigenvalue weighted by molar-refractivity contribution is 0.115. The molecular formula is C11H25ClN2O4S. The van der Waals surface area contributed by atoms with Crippen LogP contribution in [0.2, 0.25) is 0 Å². The van der Waals surface area contributed by atoms with E-state index in [2.05, 4.69) is 0 Å². The van der Waals surface area contributed by atoms with Crippen molar-refractivity contribution in [1.29, 1.82) is 0 Å². The first-order valence-corrected chi connectivity index (χ1v) is 8.11. The Bertz CT molecular complexity index is 327. The monoisotopic (exact) mass is 316 g/mol. The zero-order chi connectivity index (χ0) is 14.9. The second-order valence-electron chi connectivity index (χ2n) is 4.28. The number of rotatable bonds is 11. The van der Waals surface area contributed by atoms with Crippen molar-refractivity contribution in [2.45, 2.75) is 19.4 Å². The minimum Gasteiger partial charge on any atom is -0.383 e. The Balaban J connectivity index is 4.88. The van der Waals surface area contributed by atoms with E-state index in [0.717, 1.165) is 0 Å². The Hall–Kier alpha value is 0.0800. The molecule has 1 atom stereocenters. The molecule has 0 aliphatic rings. The average Bonchev–Trinajstić information content (AvgIpc) is 2.36. The third kappa shape index (κ3) is 6.37. The zero-order valence-electron chi connectivity index (χ0n) is 12.1. The molecule has 0 aliphatic carbocycles. The Morgan fingerprint density at radius 1 is 1.21 bits per heavy atom. The molecule has 0 N–H and O–H groups in total. The highest BCUT2D eigenvalue weighted by Crippen LogP contribution is 2.12. The van der Waals surface area contributed by atoms with Crippen LogP contribution in [0.1, 0.15) is 13.3 Å². The first-order valence-electron chi connectivity index (χ1n) is 6.18. The van der Waals surface area contributed by atoms with Gasteiger partial charge in [0.15, 0.2) is 0 Å². The van der Waals surface area contributed by atoms with Crippen molar-refractivity contribution in [1.82, 2.24) is 8.61 Å². The van der Waals surface area contributed by atoms with Gasteiger partial charge in [0.05, 0.1) is 13.2 Å².